The van der Waals surface area contributed by atoms with Crippen LogP contribution < -0.4 is 21.1 Å². The summed E-state index contributed by atoms with van der Waals surface area (Å²) in [5.41, 5.74) is 14.0. The Kier molecular flexibility index (Phi) is 6.99. The van der Waals surface area contributed by atoms with Crippen LogP contribution in [0.15, 0.2) is 48.9 Å². The summed E-state index contributed by atoms with van der Waals surface area (Å²) in [6.45, 7) is 1.58. The van der Waals surface area contributed by atoms with Gasteiger partial charge in [0.1, 0.15) is 11.6 Å². The van der Waals surface area contributed by atoms with E-state index in [4.69, 9.17) is 44.8 Å². The van der Waals surface area contributed by atoms with Crippen molar-refractivity contribution in [3.63, 3.8) is 0 Å². The predicted molar refractivity (Wildman–Crippen MR) is 149 cm³/mol. The first-order valence-corrected chi connectivity index (χ1v) is 14.5. The molecule has 1 spiro atoms. The van der Waals surface area contributed by atoms with Crippen molar-refractivity contribution in [1.29, 1.82) is 5.41 Å². The van der Waals surface area contributed by atoms with Gasteiger partial charge in [-0.15, -0.1) is 0 Å². The first-order chi connectivity index (χ1) is 18.0. The van der Waals surface area contributed by atoms with E-state index in [0.29, 0.717) is 47.8 Å². The number of pyridine rings is 2. The van der Waals surface area contributed by atoms with E-state index >= 15 is 0 Å². The van der Waals surface area contributed by atoms with E-state index in [-0.39, 0.29) is 21.3 Å². The third-order valence-electron chi connectivity index (χ3n) is 6.91. The summed E-state index contributed by atoms with van der Waals surface area (Å²) in [4.78, 5) is 10.6. The molecule has 1 aromatic carbocycles. The molecule has 200 valence electrons. The van der Waals surface area contributed by atoms with Gasteiger partial charge in [0.05, 0.1) is 27.6 Å². The second kappa shape index (κ2) is 9.97. The number of hydrogen-bond acceptors (Lipinski definition) is 9. The fourth-order valence-corrected chi connectivity index (χ4v) is 6.76. The molecule has 5 N–H and O–H groups in total. The number of ether oxygens (including phenoxy) is 1. The molecule has 0 radical (unpaired) electrons. The molecule has 2 fully saturated rings. The Morgan fingerprint density at radius 1 is 1.13 bits per heavy atom. The number of anilines is 2. The monoisotopic (exact) mass is 575 g/mol. The second-order valence-corrected chi connectivity index (χ2v) is 12.3. The van der Waals surface area contributed by atoms with Crippen molar-refractivity contribution in [1.82, 2.24) is 14.3 Å². The summed E-state index contributed by atoms with van der Waals surface area (Å²) in [5.74, 6) is 1.13. The van der Waals surface area contributed by atoms with Crippen LogP contribution in [0.1, 0.15) is 35.8 Å². The van der Waals surface area contributed by atoms with Crippen LogP contribution in [-0.2, 0) is 10.0 Å². The van der Waals surface area contributed by atoms with Crippen LogP contribution in [0.25, 0.3) is 0 Å². The van der Waals surface area contributed by atoms with Gasteiger partial charge in [0.15, 0.2) is 6.23 Å². The molecule has 5 rings (SSSR count). The van der Waals surface area contributed by atoms with Gasteiger partial charge < -0.3 is 15.4 Å². The largest absolute Gasteiger partial charge is 0.471 e. The van der Waals surface area contributed by atoms with Crippen LogP contribution in [0.5, 0.6) is 5.75 Å². The molecule has 38 heavy (non-hydrogen) atoms. The first kappa shape index (κ1) is 26.6. The van der Waals surface area contributed by atoms with Gasteiger partial charge in [-0.1, -0.05) is 23.2 Å². The molecule has 1 atom stereocenters. The minimum atomic E-state index is -3.25. The van der Waals surface area contributed by atoms with Gasteiger partial charge in [0.2, 0.25) is 10.0 Å². The maximum atomic E-state index is 12.2. The number of nitrogen functional groups attached to an aromatic ring is 1. The van der Waals surface area contributed by atoms with E-state index < -0.39 is 16.3 Å². The lowest BCUT2D eigenvalue weighted by molar-refractivity contribution is 0.214. The second-order valence-electron chi connectivity index (χ2n) is 9.57. The average molecular weight is 577 g/mol. The topological polar surface area (TPSA) is 152 Å². The summed E-state index contributed by atoms with van der Waals surface area (Å²) >= 11 is 12.4. The van der Waals surface area contributed by atoms with Gasteiger partial charge in [-0.05, 0) is 43.2 Å². The molecular formula is C25H27Cl2N7O3S. The lowest BCUT2D eigenvalue weighted by Crippen LogP contribution is -2.56. The van der Waals surface area contributed by atoms with E-state index in [1.807, 2.05) is 12.1 Å². The minimum absolute atomic E-state index is 0.168. The number of sulfonamides is 1. The number of hydrogen-bond donors (Lipinski definition) is 3. The van der Waals surface area contributed by atoms with Crippen molar-refractivity contribution in [2.75, 3.05) is 36.5 Å². The number of piperazine rings is 1. The molecule has 3 heterocycles. The van der Waals surface area contributed by atoms with Gasteiger partial charge in [-0.2, -0.15) is 4.31 Å². The van der Waals surface area contributed by atoms with Crippen LogP contribution in [0.2, 0.25) is 10.0 Å². The van der Waals surface area contributed by atoms with Crippen LogP contribution in [0.3, 0.4) is 0 Å². The summed E-state index contributed by atoms with van der Waals surface area (Å²) in [5, 5.41) is 9.33. The number of rotatable bonds is 7. The molecule has 10 nitrogen and oxygen atoms in total. The molecule has 0 unspecified atom stereocenters. The van der Waals surface area contributed by atoms with Crippen LogP contribution in [-0.4, -0.2) is 59.8 Å². The lowest BCUT2D eigenvalue weighted by Gasteiger charge is -2.41. The van der Waals surface area contributed by atoms with Crippen molar-refractivity contribution in [3.8, 4) is 5.75 Å². The van der Waals surface area contributed by atoms with Crippen LogP contribution >= 0.6 is 23.2 Å². The first-order valence-electron chi connectivity index (χ1n) is 11.9. The Bertz CT molecular complexity index is 1480. The maximum Gasteiger partial charge on any atom is 0.211 e. The molecule has 0 amide bonds. The highest BCUT2D eigenvalue weighted by atomic mass is 35.5. The van der Waals surface area contributed by atoms with Gasteiger partial charge in [0.25, 0.3) is 0 Å². The third kappa shape index (κ3) is 5.16. The van der Waals surface area contributed by atoms with E-state index in [0.717, 1.165) is 18.7 Å². The van der Waals surface area contributed by atoms with Crippen LogP contribution in [0, 0.1) is 5.41 Å². The molecule has 2 aliphatic rings. The molecule has 3 aromatic rings. The van der Waals surface area contributed by atoms with Gasteiger partial charge in [0, 0.05) is 60.6 Å². The summed E-state index contributed by atoms with van der Waals surface area (Å²) in [7, 11) is -3.25. The molecule has 1 aliphatic heterocycles. The molecule has 13 heteroatoms. The highest BCUT2D eigenvalue weighted by molar-refractivity contribution is 7.88. The Balaban J connectivity index is 1.32. The number of aromatic nitrogens is 2. The Labute approximate surface area is 231 Å². The molecule has 2 aromatic heterocycles. The van der Waals surface area contributed by atoms with Crippen molar-refractivity contribution in [2.45, 2.75) is 24.6 Å². The van der Waals surface area contributed by atoms with E-state index in [9.17, 15) is 8.42 Å². The van der Waals surface area contributed by atoms with Crippen molar-refractivity contribution < 1.29 is 13.2 Å². The summed E-state index contributed by atoms with van der Waals surface area (Å²) < 4.78 is 31.8. The molecule has 1 aliphatic carbocycles. The molecular weight excluding hydrogens is 549 g/mol. The number of benzene rings is 1. The van der Waals surface area contributed by atoms with Crippen molar-refractivity contribution in [3.05, 3.63) is 75.7 Å². The average Bonchev–Trinajstić information content (AvgIpc) is 3.62. The van der Waals surface area contributed by atoms with Crippen molar-refractivity contribution >= 4 is 50.4 Å². The minimum Gasteiger partial charge on any atom is -0.471 e. The number of nitrogens with one attached hydrogen (secondary N) is 1. The van der Waals surface area contributed by atoms with Crippen molar-refractivity contribution in [2.24, 2.45) is 5.73 Å². The molecule has 0 bridgehead atoms. The highest BCUT2D eigenvalue weighted by Gasteiger charge is 2.54. The molecule has 1 saturated heterocycles. The number of nitrogens with two attached hydrogens (primary N) is 2. The van der Waals surface area contributed by atoms with Crippen LogP contribution in [0.4, 0.5) is 11.5 Å². The number of halogens is 2. The number of nitrogens with zero attached hydrogens (tertiary/aromatic N) is 4. The van der Waals surface area contributed by atoms with E-state index in [1.165, 1.54) is 18.6 Å². The summed E-state index contributed by atoms with van der Waals surface area (Å²) in [6.07, 6.45) is 6.49. The smallest absolute Gasteiger partial charge is 0.211 e. The SMILES string of the molecule is CS(=O)(=O)N1CCN(c2ccc(C(=N)c3cc(O[C@H](N)c4c(Cl)cncc4Cl)ccc3N)cn2)CC12CC2. The van der Waals surface area contributed by atoms with Gasteiger partial charge >= 0.3 is 0 Å². The van der Waals surface area contributed by atoms with Gasteiger partial charge in [-0.25, -0.2) is 13.4 Å². The lowest BCUT2D eigenvalue weighted by atomic mass is 10.0. The normalized spacial score (nSPS) is 17.8. The standard InChI is InChI=1S/C25H27Cl2N7O3S/c1-38(35,36)34-9-8-33(14-25(34)6-7-25)21-5-2-15(11-32-21)23(29)17-10-16(3-4-20(17)28)37-24(30)22-18(26)12-31-13-19(22)27/h2-5,10-13,24,29H,6-9,14,28,30H2,1H3/t24-/m0/s1. The van der Waals surface area contributed by atoms with E-state index in [2.05, 4.69) is 14.9 Å². The third-order valence-corrected chi connectivity index (χ3v) is 8.88. The fraction of sp³-hybridized carbons (Fsp3) is 0.320. The Hall–Kier alpha value is -2.96. The maximum absolute atomic E-state index is 12.2. The zero-order valence-corrected chi connectivity index (χ0v) is 22.9. The van der Waals surface area contributed by atoms with E-state index in [1.54, 1.807) is 28.7 Å². The zero-order chi connectivity index (χ0) is 27.2. The zero-order valence-electron chi connectivity index (χ0n) is 20.6. The molecule has 1 saturated carbocycles. The van der Waals surface area contributed by atoms with Gasteiger partial charge in [-0.3, -0.25) is 16.1 Å². The quantitative estimate of drug-likeness (QED) is 0.220. The highest BCUT2D eigenvalue weighted by Crippen LogP contribution is 2.46. The Morgan fingerprint density at radius 3 is 2.45 bits per heavy atom. The summed E-state index contributed by atoms with van der Waals surface area (Å²) in [6, 6.07) is 8.58. The Morgan fingerprint density at radius 2 is 1.84 bits per heavy atom. The fourth-order valence-electron chi connectivity index (χ4n) is 4.83. The predicted octanol–water partition coefficient (Wildman–Crippen LogP) is 3.43.